The summed E-state index contributed by atoms with van der Waals surface area (Å²) in [7, 11) is 1.60. The predicted molar refractivity (Wildman–Crippen MR) is 123 cm³/mol. The molecule has 1 aromatic carbocycles. The quantitative estimate of drug-likeness (QED) is 0.543. The van der Waals surface area contributed by atoms with E-state index in [1.54, 1.807) is 19.5 Å². The third kappa shape index (κ3) is 6.25. The van der Waals surface area contributed by atoms with Gasteiger partial charge < -0.3 is 19.9 Å². The fourth-order valence-electron chi connectivity index (χ4n) is 4.23. The van der Waals surface area contributed by atoms with E-state index in [0.29, 0.717) is 6.61 Å². The van der Waals surface area contributed by atoms with Crippen LogP contribution < -0.4 is 5.32 Å². The summed E-state index contributed by atoms with van der Waals surface area (Å²) in [4.78, 5) is 22.7. The molecule has 0 amide bonds. The molecular weight excluding hydrogens is 408 g/mol. The molecule has 32 heavy (non-hydrogen) atoms. The minimum atomic E-state index is -0.839. The van der Waals surface area contributed by atoms with Gasteiger partial charge in [0.1, 0.15) is 5.82 Å². The van der Waals surface area contributed by atoms with Crippen molar-refractivity contribution in [1.29, 1.82) is 0 Å². The molecule has 8 nitrogen and oxygen atoms in total. The Bertz CT molecular complexity index is 869. The predicted octanol–water partition coefficient (Wildman–Crippen LogP) is 3.77. The van der Waals surface area contributed by atoms with Crippen LogP contribution in [0.4, 0.5) is 11.4 Å². The number of rotatable bonds is 11. The molecule has 1 aliphatic heterocycles. The lowest BCUT2D eigenvalue weighted by Gasteiger charge is -2.35. The van der Waals surface area contributed by atoms with Gasteiger partial charge in [-0.15, -0.1) is 0 Å². The van der Waals surface area contributed by atoms with Gasteiger partial charge in [-0.1, -0.05) is 26.0 Å². The highest BCUT2D eigenvalue weighted by Gasteiger charge is 2.25. The molecule has 8 heteroatoms. The molecular formula is C24H34N4O4. The molecule has 2 atom stereocenters. The highest BCUT2D eigenvalue weighted by molar-refractivity contribution is 5.69. The second kappa shape index (κ2) is 11.9. The number of carboxylic acids is 1. The summed E-state index contributed by atoms with van der Waals surface area (Å²) in [5.74, 6) is -0.269. The summed E-state index contributed by atoms with van der Waals surface area (Å²) in [5.41, 5.74) is 3.85. The first-order valence-corrected chi connectivity index (χ1v) is 11.3. The maximum atomic E-state index is 11.4. The number of benzene rings is 1. The first-order chi connectivity index (χ1) is 15.5. The number of carbonyl (C=O) groups is 1. The Labute approximate surface area is 190 Å². The van der Waals surface area contributed by atoms with Gasteiger partial charge in [-0.25, -0.2) is 9.97 Å². The lowest BCUT2D eigenvalue weighted by atomic mass is 9.91. The third-order valence-electron chi connectivity index (χ3n) is 5.87. The van der Waals surface area contributed by atoms with Crippen molar-refractivity contribution in [2.75, 3.05) is 45.3 Å². The average Bonchev–Trinajstić information content (AvgIpc) is 2.81. The van der Waals surface area contributed by atoms with Crippen molar-refractivity contribution in [3.8, 4) is 0 Å². The molecule has 0 radical (unpaired) electrons. The minimum Gasteiger partial charge on any atom is -0.481 e. The van der Waals surface area contributed by atoms with Crippen LogP contribution in [-0.4, -0.2) is 66.0 Å². The van der Waals surface area contributed by atoms with Crippen molar-refractivity contribution in [2.24, 2.45) is 0 Å². The lowest BCUT2D eigenvalue weighted by molar-refractivity contribution is -0.137. The molecule has 0 bridgehead atoms. The lowest BCUT2D eigenvalue weighted by Crippen LogP contribution is -2.39. The summed E-state index contributed by atoms with van der Waals surface area (Å²) >= 11 is 0. The second-order valence-electron chi connectivity index (χ2n) is 8.04. The number of aromatic nitrogens is 2. The van der Waals surface area contributed by atoms with E-state index in [-0.39, 0.29) is 18.4 Å². The zero-order valence-corrected chi connectivity index (χ0v) is 19.2. The van der Waals surface area contributed by atoms with Gasteiger partial charge in [-0.2, -0.15) is 0 Å². The fraction of sp³-hybridized carbons (Fsp3) is 0.542. The van der Waals surface area contributed by atoms with E-state index < -0.39 is 5.97 Å². The van der Waals surface area contributed by atoms with Gasteiger partial charge in [0.2, 0.25) is 0 Å². The first-order valence-electron chi connectivity index (χ1n) is 11.3. The van der Waals surface area contributed by atoms with Gasteiger partial charge in [0.05, 0.1) is 44.3 Å². The highest BCUT2D eigenvalue weighted by Crippen LogP contribution is 2.35. The van der Waals surface area contributed by atoms with E-state index in [1.165, 1.54) is 5.56 Å². The molecule has 2 N–H and O–H groups in total. The maximum absolute atomic E-state index is 11.4. The van der Waals surface area contributed by atoms with Gasteiger partial charge in [-0.05, 0) is 23.6 Å². The summed E-state index contributed by atoms with van der Waals surface area (Å²) in [6.07, 6.45) is 5.34. The number of hydrogen-bond acceptors (Lipinski definition) is 7. The monoisotopic (exact) mass is 442 g/mol. The molecule has 1 aliphatic rings. The van der Waals surface area contributed by atoms with Gasteiger partial charge in [-0.3, -0.25) is 9.69 Å². The van der Waals surface area contributed by atoms with Crippen molar-refractivity contribution in [2.45, 2.75) is 45.1 Å². The molecule has 2 aromatic rings. The van der Waals surface area contributed by atoms with E-state index >= 15 is 0 Å². The molecule has 1 saturated heterocycles. The van der Waals surface area contributed by atoms with E-state index in [9.17, 15) is 9.90 Å². The van der Waals surface area contributed by atoms with Crippen molar-refractivity contribution in [3.05, 3.63) is 47.5 Å². The van der Waals surface area contributed by atoms with E-state index in [0.717, 1.165) is 61.9 Å². The molecule has 2 heterocycles. The Hall–Kier alpha value is -2.55. The summed E-state index contributed by atoms with van der Waals surface area (Å²) in [5, 5.41) is 12.9. The number of anilines is 2. The van der Waals surface area contributed by atoms with Crippen LogP contribution in [0.3, 0.4) is 0 Å². The molecule has 0 spiro atoms. The number of aliphatic carboxylic acids is 1. The third-order valence-corrected chi connectivity index (χ3v) is 5.87. The van der Waals surface area contributed by atoms with Crippen LogP contribution in [-0.2, 0) is 20.7 Å². The van der Waals surface area contributed by atoms with Gasteiger partial charge in [0.15, 0.2) is 0 Å². The SMILES string of the molecule is CCc1ncc(Nc2cc(C(COC)CC(=O)O)ccc2[C@@H](CC)N2CCOCC2)cn1. The number of hydrogen-bond donors (Lipinski definition) is 2. The van der Waals surface area contributed by atoms with Crippen LogP contribution in [0.2, 0.25) is 0 Å². The Morgan fingerprint density at radius 2 is 1.97 bits per heavy atom. The largest absolute Gasteiger partial charge is 0.481 e. The van der Waals surface area contributed by atoms with Crippen LogP contribution in [0.5, 0.6) is 0 Å². The first kappa shape index (κ1) is 24.1. The molecule has 0 saturated carbocycles. The zero-order valence-electron chi connectivity index (χ0n) is 19.2. The Kier molecular flexibility index (Phi) is 8.96. The number of morpholine rings is 1. The number of ether oxygens (including phenoxy) is 2. The summed E-state index contributed by atoms with van der Waals surface area (Å²) in [6, 6.07) is 6.44. The van der Waals surface area contributed by atoms with Crippen LogP contribution in [0.1, 0.15) is 55.6 Å². The number of carboxylic acid groups (broad SMARTS) is 1. The second-order valence-corrected chi connectivity index (χ2v) is 8.04. The molecule has 3 rings (SSSR count). The maximum Gasteiger partial charge on any atom is 0.304 e. The Morgan fingerprint density at radius 3 is 2.56 bits per heavy atom. The van der Waals surface area contributed by atoms with Gasteiger partial charge in [0, 0.05) is 44.3 Å². The van der Waals surface area contributed by atoms with Crippen LogP contribution in [0.15, 0.2) is 30.6 Å². The summed E-state index contributed by atoms with van der Waals surface area (Å²) < 4.78 is 10.9. The number of methoxy groups -OCH3 is 1. The van der Waals surface area contributed by atoms with Crippen LogP contribution in [0, 0.1) is 0 Å². The normalized spacial score (nSPS) is 16.5. The minimum absolute atomic E-state index is 0.0155. The molecule has 1 aromatic heterocycles. The van der Waals surface area contributed by atoms with Crippen LogP contribution >= 0.6 is 0 Å². The van der Waals surface area contributed by atoms with Gasteiger partial charge in [0.25, 0.3) is 0 Å². The molecule has 0 aliphatic carbocycles. The summed E-state index contributed by atoms with van der Waals surface area (Å²) in [6.45, 7) is 7.81. The molecule has 174 valence electrons. The number of aryl methyl sites for hydroxylation is 1. The van der Waals surface area contributed by atoms with E-state index in [1.807, 2.05) is 13.0 Å². The number of nitrogens with one attached hydrogen (secondary N) is 1. The van der Waals surface area contributed by atoms with Crippen molar-refractivity contribution in [1.82, 2.24) is 14.9 Å². The molecule has 1 unspecified atom stereocenters. The zero-order chi connectivity index (χ0) is 22.9. The average molecular weight is 443 g/mol. The van der Waals surface area contributed by atoms with E-state index in [2.05, 4.69) is 39.2 Å². The Balaban J connectivity index is 1.98. The number of nitrogens with zero attached hydrogens (tertiary/aromatic N) is 3. The van der Waals surface area contributed by atoms with Crippen molar-refractivity contribution in [3.63, 3.8) is 0 Å². The standard InChI is InChI=1S/C24H34N4O4/c1-4-22(28-8-10-32-11-9-28)20-7-6-17(18(16-31-3)13-24(29)30)12-21(20)27-19-14-25-23(5-2)26-15-19/h6-7,12,14-15,18,22,27H,4-5,8-11,13,16H2,1-3H3,(H,29,30)/t18?,22-/m1/s1. The topological polar surface area (TPSA) is 96.8 Å². The smallest absolute Gasteiger partial charge is 0.304 e. The highest BCUT2D eigenvalue weighted by atomic mass is 16.5. The Morgan fingerprint density at radius 1 is 1.25 bits per heavy atom. The molecule has 1 fully saturated rings. The van der Waals surface area contributed by atoms with Crippen molar-refractivity contribution < 1.29 is 19.4 Å². The van der Waals surface area contributed by atoms with Crippen LogP contribution in [0.25, 0.3) is 0 Å². The van der Waals surface area contributed by atoms with E-state index in [4.69, 9.17) is 9.47 Å². The van der Waals surface area contributed by atoms with Crippen molar-refractivity contribution >= 4 is 17.3 Å². The fourth-order valence-corrected chi connectivity index (χ4v) is 4.23. The van der Waals surface area contributed by atoms with Gasteiger partial charge >= 0.3 is 5.97 Å².